The van der Waals surface area contributed by atoms with Gasteiger partial charge in [-0.15, -0.1) is 22.6 Å². The summed E-state index contributed by atoms with van der Waals surface area (Å²) >= 11 is 1.79. The largest absolute Gasteiger partial charge is 0.312 e. The van der Waals surface area contributed by atoms with Crippen molar-refractivity contribution in [3.8, 4) is 0 Å². The summed E-state index contributed by atoms with van der Waals surface area (Å²) in [7, 11) is 0. The van der Waals surface area contributed by atoms with E-state index in [1.807, 2.05) is 0 Å². The number of hydrogen-bond donors (Lipinski definition) is 1. The molecule has 0 saturated carbocycles. The number of hydrogen-bond acceptors (Lipinski definition) is 5. The van der Waals surface area contributed by atoms with E-state index >= 15 is 0 Å². The van der Waals surface area contributed by atoms with E-state index in [1.54, 1.807) is 11.3 Å². The second-order valence-corrected chi connectivity index (χ2v) is 6.76. The van der Waals surface area contributed by atoms with Crippen molar-refractivity contribution in [2.75, 3.05) is 19.6 Å². The summed E-state index contributed by atoms with van der Waals surface area (Å²) in [6.07, 6.45) is 2.41. The molecular formula is C15H22ClN5S. The third-order valence-corrected chi connectivity index (χ3v) is 5.32. The maximum absolute atomic E-state index is 4.48. The Bertz CT molecular complexity index is 589. The van der Waals surface area contributed by atoms with Crippen LogP contribution < -0.4 is 5.32 Å². The maximum Gasteiger partial charge on any atom is 0.147 e. The molecule has 0 aliphatic carbocycles. The highest BCUT2D eigenvalue weighted by atomic mass is 35.5. The van der Waals surface area contributed by atoms with E-state index in [-0.39, 0.29) is 12.4 Å². The zero-order chi connectivity index (χ0) is 14.1. The number of aromatic nitrogens is 3. The fourth-order valence-corrected chi connectivity index (χ4v) is 4.07. The van der Waals surface area contributed by atoms with Crippen LogP contribution in [0.25, 0.3) is 0 Å². The van der Waals surface area contributed by atoms with Crippen LogP contribution in [0.1, 0.15) is 36.0 Å². The minimum absolute atomic E-state index is 0. The predicted molar refractivity (Wildman–Crippen MR) is 90.5 cm³/mol. The Morgan fingerprint density at radius 2 is 2.09 bits per heavy atom. The van der Waals surface area contributed by atoms with Gasteiger partial charge in [-0.2, -0.15) is 11.3 Å². The summed E-state index contributed by atoms with van der Waals surface area (Å²) in [6, 6.07) is 2.23. The molecule has 2 aliphatic heterocycles. The molecule has 2 aliphatic rings. The van der Waals surface area contributed by atoms with Crippen molar-refractivity contribution in [3.63, 3.8) is 0 Å². The van der Waals surface area contributed by atoms with Gasteiger partial charge in [0.05, 0.1) is 6.54 Å². The van der Waals surface area contributed by atoms with Crippen LogP contribution in [0, 0.1) is 0 Å². The molecule has 1 N–H and O–H groups in total. The predicted octanol–water partition coefficient (Wildman–Crippen LogP) is 2.24. The monoisotopic (exact) mass is 339 g/mol. The smallest absolute Gasteiger partial charge is 0.147 e. The number of piperidine rings is 1. The zero-order valence-corrected chi connectivity index (χ0v) is 14.2. The lowest BCUT2D eigenvalue weighted by molar-refractivity contribution is 0.199. The van der Waals surface area contributed by atoms with E-state index in [1.165, 1.54) is 37.3 Å². The van der Waals surface area contributed by atoms with Crippen molar-refractivity contribution in [2.24, 2.45) is 0 Å². The van der Waals surface area contributed by atoms with E-state index in [2.05, 4.69) is 41.8 Å². The number of fused-ring (bicyclic) bond motifs is 1. The van der Waals surface area contributed by atoms with Crippen LogP contribution in [-0.4, -0.2) is 39.3 Å². The van der Waals surface area contributed by atoms with Gasteiger partial charge in [0.15, 0.2) is 0 Å². The Morgan fingerprint density at radius 3 is 2.86 bits per heavy atom. The van der Waals surface area contributed by atoms with Crippen molar-refractivity contribution >= 4 is 23.7 Å². The average molecular weight is 340 g/mol. The number of halogens is 1. The summed E-state index contributed by atoms with van der Waals surface area (Å²) in [6.45, 7) is 6.35. The van der Waals surface area contributed by atoms with Crippen LogP contribution in [0.4, 0.5) is 0 Å². The summed E-state index contributed by atoms with van der Waals surface area (Å²) < 4.78 is 2.34. The molecule has 0 atom stereocenters. The fourth-order valence-electron chi connectivity index (χ4n) is 3.41. The standard InChI is InChI=1S/C15H21N5S.ClH/c1-5-19(10-12-3-8-21-11-12)6-2-13(1)15-18-17-14-9-16-4-7-20(14)15;/h3,8,11,13,16H,1-2,4-7,9-10H2;1H. The van der Waals surface area contributed by atoms with Crippen LogP contribution in [0.15, 0.2) is 16.8 Å². The molecule has 5 nitrogen and oxygen atoms in total. The third kappa shape index (κ3) is 3.20. The Morgan fingerprint density at radius 1 is 1.23 bits per heavy atom. The van der Waals surface area contributed by atoms with Crippen molar-refractivity contribution < 1.29 is 0 Å². The minimum atomic E-state index is 0. The first kappa shape index (κ1) is 15.9. The molecule has 2 aromatic rings. The zero-order valence-electron chi connectivity index (χ0n) is 12.6. The van der Waals surface area contributed by atoms with Crippen LogP contribution >= 0.6 is 23.7 Å². The molecule has 4 heterocycles. The lowest BCUT2D eigenvalue weighted by Crippen LogP contribution is -2.34. The molecule has 0 spiro atoms. The Balaban J connectivity index is 0.00000144. The summed E-state index contributed by atoms with van der Waals surface area (Å²) in [5.74, 6) is 2.92. The molecule has 0 unspecified atom stereocenters. The van der Waals surface area contributed by atoms with Gasteiger partial charge < -0.3 is 9.88 Å². The molecule has 7 heteroatoms. The topological polar surface area (TPSA) is 46.0 Å². The van der Waals surface area contributed by atoms with Gasteiger partial charge in [0.1, 0.15) is 11.6 Å². The van der Waals surface area contributed by atoms with Gasteiger partial charge in [0.2, 0.25) is 0 Å². The first-order valence-corrected chi connectivity index (χ1v) is 8.70. The third-order valence-electron chi connectivity index (χ3n) is 4.59. The Kier molecular flexibility index (Phi) is 5.13. The Labute approximate surface area is 141 Å². The van der Waals surface area contributed by atoms with Crippen LogP contribution in [0.3, 0.4) is 0 Å². The second-order valence-electron chi connectivity index (χ2n) is 5.98. The van der Waals surface area contributed by atoms with Crippen LogP contribution in [0.5, 0.6) is 0 Å². The Hall–Kier alpha value is -0.950. The molecular weight excluding hydrogens is 318 g/mol. The molecule has 1 saturated heterocycles. The normalized spacial score (nSPS) is 19.6. The molecule has 0 amide bonds. The van der Waals surface area contributed by atoms with E-state index in [0.29, 0.717) is 5.92 Å². The van der Waals surface area contributed by atoms with E-state index < -0.39 is 0 Å². The lowest BCUT2D eigenvalue weighted by Gasteiger charge is -2.31. The van der Waals surface area contributed by atoms with Gasteiger partial charge in [-0.1, -0.05) is 0 Å². The van der Waals surface area contributed by atoms with Crippen molar-refractivity contribution in [3.05, 3.63) is 34.0 Å². The lowest BCUT2D eigenvalue weighted by atomic mass is 9.95. The molecule has 2 aromatic heterocycles. The van der Waals surface area contributed by atoms with Gasteiger partial charge in [-0.25, -0.2) is 0 Å². The van der Waals surface area contributed by atoms with Crippen LogP contribution in [0.2, 0.25) is 0 Å². The van der Waals surface area contributed by atoms with Gasteiger partial charge in [-0.3, -0.25) is 4.90 Å². The number of likely N-dealkylation sites (tertiary alicyclic amines) is 1. The van der Waals surface area contributed by atoms with Crippen LogP contribution in [-0.2, 0) is 19.6 Å². The molecule has 0 radical (unpaired) electrons. The molecule has 0 bridgehead atoms. The van der Waals surface area contributed by atoms with Gasteiger partial charge in [0, 0.05) is 25.6 Å². The number of rotatable bonds is 3. The number of nitrogens with one attached hydrogen (secondary N) is 1. The fraction of sp³-hybridized carbons (Fsp3) is 0.600. The highest BCUT2D eigenvalue weighted by molar-refractivity contribution is 7.07. The van der Waals surface area contributed by atoms with Crippen molar-refractivity contribution in [1.29, 1.82) is 0 Å². The average Bonchev–Trinajstić information content (AvgIpc) is 3.17. The summed E-state index contributed by atoms with van der Waals surface area (Å²) in [5.41, 5.74) is 1.45. The van der Waals surface area contributed by atoms with E-state index in [4.69, 9.17) is 0 Å². The first-order valence-electron chi connectivity index (χ1n) is 7.76. The summed E-state index contributed by atoms with van der Waals surface area (Å²) in [4.78, 5) is 2.56. The van der Waals surface area contributed by atoms with Crippen molar-refractivity contribution in [1.82, 2.24) is 25.0 Å². The molecule has 22 heavy (non-hydrogen) atoms. The van der Waals surface area contributed by atoms with Gasteiger partial charge >= 0.3 is 0 Å². The summed E-state index contributed by atoms with van der Waals surface area (Å²) in [5, 5.41) is 16.6. The minimum Gasteiger partial charge on any atom is -0.312 e. The van der Waals surface area contributed by atoms with Gasteiger partial charge in [0.25, 0.3) is 0 Å². The van der Waals surface area contributed by atoms with Crippen molar-refractivity contribution in [2.45, 2.75) is 38.4 Å². The first-order chi connectivity index (χ1) is 10.4. The maximum atomic E-state index is 4.48. The SMILES string of the molecule is Cl.c1cc(CN2CCC(c3nnc4n3CCNC4)CC2)cs1. The van der Waals surface area contributed by atoms with E-state index in [0.717, 1.165) is 32.0 Å². The van der Waals surface area contributed by atoms with Gasteiger partial charge in [-0.05, 0) is 48.3 Å². The number of nitrogens with zero attached hydrogens (tertiary/aromatic N) is 4. The molecule has 0 aromatic carbocycles. The highest BCUT2D eigenvalue weighted by Gasteiger charge is 2.26. The molecule has 4 rings (SSSR count). The highest BCUT2D eigenvalue weighted by Crippen LogP contribution is 2.28. The van der Waals surface area contributed by atoms with E-state index in [9.17, 15) is 0 Å². The molecule has 1 fully saturated rings. The number of thiophene rings is 1. The quantitative estimate of drug-likeness (QED) is 0.931. The second kappa shape index (κ2) is 7.08. The molecule has 120 valence electrons.